The van der Waals surface area contributed by atoms with Crippen LogP contribution >= 0.6 is 23.1 Å². The first-order valence-electron chi connectivity index (χ1n) is 6.49. The Hall–Kier alpha value is -0.810. The Kier molecular flexibility index (Phi) is 5.05. The highest BCUT2D eigenvalue weighted by atomic mass is 32.2. The highest BCUT2D eigenvalue weighted by molar-refractivity contribution is 7.98. The van der Waals surface area contributed by atoms with E-state index in [4.69, 9.17) is 0 Å². The topological polar surface area (TPSA) is 37.4 Å². The number of carbonyl (C=O) groups excluding carboxylic acids is 2. The van der Waals surface area contributed by atoms with E-state index in [9.17, 15) is 9.59 Å². The van der Waals surface area contributed by atoms with E-state index in [-0.39, 0.29) is 11.7 Å². The quantitative estimate of drug-likeness (QED) is 0.801. The monoisotopic (exact) mass is 297 g/mol. The highest BCUT2D eigenvalue weighted by Crippen LogP contribution is 2.23. The maximum Gasteiger partial charge on any atom is 0.254 e. The van der Waals surface area contributed by atoms with Gasteiger partial charge in [-0.25, -0.2) is 0 Å². The van der Waals surface area contributed by atoms with Gasteiger partial charge in [0.25, 0.3) is 5.91 Å². The van der Waals surface area contributed by atoms with Crippen LogP contribution in [0.25, 0.3) is 0 Å². The van der Waals surface area contributed by atoms with Crippen molar-refractivity contribution < 1.29 is 9.59 Å². The van der Waals surface area contributed by atoms with Crippen LogP contribution in [-0.4, -0.2) is 41.7 Å². The maximum absolute atomic E-state index is 12.4. The first-order chi connectivity index (χ1) is 9.11. The zero-order valence-electron chi connectivity index (χ0n) is 11.3. The summed E-state index contributed by atoms with van der Waals surface area (Å²) in [5.74, 6) is 1.84. The van der Waals surface area contributed by atoms with Gasteiger partial charge in [-0.3, -0.25) is 9.59 Å². The maximum atomic E-state index is 12.4. The van der Waals surface area contributed by atoms with Gasteiger partial charge in [-0.15, -0.1) is 11.3 Å². The molecule has 0 radical (unpaired) electrons. The summed E-state index contributed by atoms with van der Waals surface area (Å²) in [5.41, 5.74) is 0.667. The largest absolute Gasteiger partial charge is 0.338 e. The predicted molar refractivity (Wildman–Crippen MR) is 81.3 cm³/mol. The van der Waals surface area contributed by atoms with Crippen molar-refractivity contribution in [3.63, 3.8) is 0 Å². The van der Waals surface area contributed by atoms with Gasteiger partial charge in [0.05, 0.1) is 10.4 Å². The van der Waals surface area contributed by atoms with E-state index < -0.39 is 0 Å². The van der Waals surface area contributed by atoms with Crippen molar-refractivity contribution in [2.75, 3.05) is 25.1 Å². The van der Waals surface area contributed by atoms with Crippen LogP contribution in [0.4, 0.5) is 0 Å². The van der Waals surface area contributed by atoms with Gasteiger partial charge in [-0.1, -0.05) is 0 Å². The van der Waals surface area contributed by atoms with E-state index in [0.29, 0.717) is 16.4 Å². The molecule has 1 aromatic heterocycles. The molecule has 5 heteroatoms. The number of carbonyl (C=O) groups is 2. The molecule has 0 bridgehead atoms. The van der Waals surface area contributed by atoms with Crippen LogP contribution in [0.15, 0.2) is 11.4 Å². The van der Waals surface area contributed by atoms with Crippen LogP contribution in [0.2, 0.25) is 0 Å². The molecule has 1 aliphatic rings. The standard InChI is InChI=1S/C14H19NO2S2/c1-10(16)13-6-12(9-19-13)14(17)15-5-3-4-11(7-15)8-18-2/h6,9,11H,3-5,7-8H2,1-2H3/t11-/m1/s1. The van der Waals surface area contributed by atoms with Crippen molar-refractivity contribution in [1.82, 2.24) is 4.90 Å². The molecule has 0 unspecified atom stereocenters. The molecule has 0 aromatic carbocycles. The molecule has 0 spiro atoms. The second kappa shape index (κ2) is 6.57. The summed E-state index contributed by atoms with van der Waals surface area (Å²) >= 11 is 3.21. The van der Waals surface area contributed by atoms with Crippen LogP contribution in [0.5, 0.6) is 0 Å². The van der Waals surface area contributed by atoms with E-state index in [1.807, 2.05) is 16.7 Å². The Morgan fingerprint density at radius 2 is 2.32 bits per heavy atom. The fourth-order valence-electron chi connectivity index (χ4n) is 2.44. The van der Waals surface area contributed by atoms with E-state index in [0.717, 1.165) is 25.3 Å². The molecule has 1 aromatic rings. The molecule has 1 aliphatic heterocycles. The molecule has 1 fully saturated rings. The number of thioether (sulfide) groups is 1. The first-order valence-corrected chi connectivity index (χ1v) is 8.77. The number of likely N-dealkylation sites (tertiary alicyclic amines) is 1. The van der Waals surface area contributed by atoms with Gasteiger partial charge in [-0.2, -0.15) is 11.8 Å². The van der Waals surface area contributed by atoms with Crippen molar-refractivity contribution in [3.05, 3.63) is 21.9 Å². The minimum absolute atomic E-state index is 0.0305. The van der Waals surface area contributed by atoms with Gasteiger partial charge < -0.3 is 4.90 Å². The first kappa shape index (κ1) is 14.6. The van der Waals surface area contributed by atoms with Gasteiger partial charge in [0.2, 0.25) is 0 Å². The summed E-state index contributed by atoms with van der Waals surface area (Å²) in [5, 5.41) is 1.80. The lowest BCUT2D eigenvalue weighted by atomic mass is 9.99. The molecular weight excluding hydrogens is 278 g/mol. The lowest BCUT2D eigenvalue weighted by Gasteiger charge is -2.32. The van der Waals surface area contributed by atoms with Crippen LogP contribution in [0, 0.1) is 5.92 Å². The van der Waals surface area contributed by atoms with Gasteiger partial charge in [-0.05, 0) is 43.8 Å². The molecule has 1 amide bonds. The normalized spacial score (nSPS) is 19.5. The molecule has 0 saturated carbocycles. The Bertz CT molecular complexity index is 468. The summed E-state index contributed by atoms with van der Waals surface area (Å²) in [6, 6.07) is 1.73. The minimum Gasteiger partial charge on any atom is -0.338 e. The zero-order chi connectivity index (χ0) is 13.8. The summed E-state index contributed by atoms with van der Waals surface area (Å²) in [6.45, 7) is 3.23. The molecular formula is C14H19NO2S2. The number of piperidine rings is 1. The average molecular weight is 297 g/mol. The second-order valence-corrected chi connectivity index (χ2v) is 6.79. The SMILES string of the molecule is CSC[C@@H]1CCCN(C(=O)c2csc(C(C)=O)c2)C1. The number of amides is 1. The third kappa shape index (κ3) is 3.60. The Labute approximate surface area is 122 Å². The number of Topliss-reactive ketones (excluding diaryl/α,β-unsaturated/α-hetero) is 1. The Morgan fingerprint density at radius 1 is 1.53 bits per heavy atom. The molecule has 104 valence electrons. The number of hydrogen-bond donors (Lipinski definition) is 0. The molecule has 2 rings (SSSR count). The number of nitrogens with zero attached hydrogens (tertiary/aromatic N) is 1. The predicted octanol–water partition coefficient (Wildman–Crippen LogP) is 3.17. The van der Waals surface area contributed by atoms with Crippen molar-refractivity contribution in [2.45, 2.75) is 19.8 Å². The van der Waals surface area contributed by atoms with Crippen molar-refractivity contribution in [3.8, 4) is 0 Å². The van der Waals surface area contributed by atoms with E-state index in [1.54, 1.807) is 11.4 Å². The van der Waals surface area contributed by atoms with Crippen molar-refractivity contribution >= 4 is 34.8 Å². The molecule has 0 aliphatic carbocycles. The Balaban J connectivity index is 2.03. The molecule has 1 atom stereocenters. The lowest BCUT2D eigenvalue weighted by molar-refractivity contribution is 0.0686. The summed E-state index contributed by atoms with van der Waals surface area (Å²) < 4.78 is 0. The molecule has 19 heavy (non-hydrogen) atoms. The number of ketones is 1. The van der Waals surface area contributed by atoms with E-state index >= 15 is 0 Å². The summed E-state index contributed by atoms with van der Waals surface area (Å²) in [6.07, 6.45) is 4.41. The third-order valence-corrected chi connectivity index (χ3v) is 5.24. The third-order valence-electron chi connectivity index (χ3n) is 3.40. The van der Waals surface area contributed by atoms with Gasteiger partial charge in [0.1, 0.15) is 0 Å². The number of hydrogen-bond acceptors (Lipinski definition) is 4. The van der Waals surface area contributed by atoms with Crippen LogP contribution < -0.4 is 0 Å². The molecule has 1 saturated heterocycles. The number of thiophene rings is 1. The summed E-state index contributed by atoms with van der Waals surface area (Å²) in [4.78, 5) is 26.3. The molecule has 0 N–H and O–H groups in total. The fourth-order valence-corrected chi connectivity index (χ4v) is 3.96. The van der Waals surface area contributed by atoms with Crippen LogP contribution in [0.1, 0.15) is 39.8 Å². The second-order valence-electron chi connectivity index (χ2n) is 4.97. The molecule has 3 nitrogen and oxygen atoms in total. The lowest BCUT2D eigenvalue weighted by Crippen LogP contribution is -2.40. The minimum atomic E-state index is 0.0305. The average Bonchev–Trinajstić information content (AvgIpc) is 2.88. The van der Waals surface area contributed by atoms with Gasteiger partial charge in [0, 0.05) is 18.5 Å². The van der Waals surface area contributed by atoms with Crippen LogP contribution in [-0.2, 0) is 0 Å². The van der Waals surface area contributed by atoms with Crippen molar-refractivity contribution in [2.24, 2.45) is 5.92 Å². The van der Waals surface area contributed by atoms with Gasteiger partial charge in [0.15, 0.2) is 5.78 Å². The van der Waals surface area contributed by atoms with Crippen LogP contribution in [0.3, 0.4) is 0 Å². The molecule has 2 heterocycles. The number of rotatable bonds is 4. The van der Waals surface area contributed by atoms with Crippen molar-refractivity contribution in [1.29, 1.82) is 0 Å². The fraction of sp³-hybridized carbons (Fsp3) is 0.571. The highest BCUT2D eigenvalue weighted by Gasteiger charge is 2.25. The summed E-state index contributed by atoms with van der Waals surface area (Å²) in [7, 11) is 0. The van der Waals surface area contributed by atoms with E-state index in [2.05, 4.69) is 6.26 Å². The van der Waals surface area contributed by atoms with E-state index in [1.165, 1.54) is 24.7 Å². The smallest absolute Gasteiger partial charge is 0.254 e. The zero-order valence-corrected chi connectivity index (χ0v) is 13.0. The van der Waals surface area contributed by atoms with Gasteiger partial charge >= 0.3 is 0 Å². The Morgan fingerprint density at radius 3 is 2.95 bits per heavy atom.